The summed E-state index contributed by atoms with van der Waals surface area (Å²) in [5.41, 5.74) is 7.86. The van der Waals surface area contributed by atoms with Crippen LogP contribution >= 0.6 is 11.8 Å². The topological polar surface area (TPSA) is 101 Å². The molecule has 2 heterocycles. The maximum atomic E-state index is 12.5. The Morgan fingerprint density at radius 1 is 1.46 bits per heavy atom. The van der Waals surface area contributed by atoms with E-state index in [-0.39, 0.29) is 5.82 Å². The van der Waals surface area contributed by atoms with E-state index >= 15 is 0 Å². The zero-order valence-electron chi connectivity index (χ0n) is 14.6. The molecule has 2 aliphatic heterocycles. The van der Waals surface area contributed by atoms with Gasteiger partial charge < -0.3 is 15.2 Å². The van der Waals surface area contributed by atoms with E-state index < -0.39 is 12.0 Å². The molecular weight excluding hydrogens is 352 g/mol. The van der Waals surface area contributed by atoms with Gasteiger partial charge in [-0.1, -0.05) is 18.2 Å². The van der Waals surface area contributed by atoms with Gasteiger partial charge in [0.1, 0.15) is 28.6 Å². The van der Waals surface area contributed by atoms with Gasteiger partial charge >= 0.3 is 5.97 Å². The molecule has 2 N–H and O–H groups in total. The number of hydrogen-bond donors (Lipinski definition) is 1. The zero-order valence-corrected chi connectivity index (χ0v) is 15.5. The number of fused-ring (bicyclic) bond motifs is 1. The number of allylic oxidation sites excluding steroid dienone is 2. The molecule has 0 aromatic heterocycles. The van der Waals surface area contributed by atoms with Crippen LogP contribution in [0.5, 0.6) is 5.75 Å². The number of amidine groups is 1. The summed E-state index contributed by atoms with van der Waals surface area (Å²) in [6, 6.07) is 8.93. The van der Waals surface area contributed by atoms with Crippen LogP contribution in [-0.4, -0.2) is 29.8 Å². The lowest BCUT2D eigenvalue weighted by Crippen LogP contribution is -2.38. The van der Waals surface area contributed by atoms with E-state index in [4.69, 9.17) is 15.2 Å². The van der Waals surface area contributed by atoms with Gasteiger partial charge in [-0.2, -0.15) is 5.26 Å². The van der Waals surface area contributed by atoms with E-state index in [0.29, 0.717) is 33.7 Å². The highest BCUT2D eigenvalue weighted by Gasteiger charge is 2.43. The van der Waals surface area contributed by atoms with Crippen LogP contribution in [-0.2, 0) is 9.53 Å². The van der Waals surface area contributed by atoms with Crippen molar-refractivity contribution in [2.75, 3.05) is 13.7 Å². The highest BCUT2D eigenvalue weighted by Crippen LogP contribution is 2.47. The highest BCUT2D eigenvalue weighted by atomic mass is 32.2. The van der Waals surface area contributed by atoms with Gasteiger partial charge in [0.2, 0.25) is 0 Å². The number of rotatable bonds is 4. The number of esters is 1. The van der Waals surface area contributed by atoms with Crippen molar-refractivity contribution in [1.29, 1.82) is 5.26 Å². The number of nitriles is 1. The lowest BCUT2D eigenvalue weighted by Gasteiger charge is -2.35. The first kappa shape index (κ1) is 17.9. The molecule has 2 aliphatic rings. The number of benzene rings is 1. The Kier molecular flexibility index (Phi) is 4.91. The molecule has 1 aromatic rings. The van der Waals surface area contributed by atoms with Gasteiger partial charge in [-0.15, -0.1) is 0 Å². The number of para-hydroxylation sites is 1. The normalized spacial score (nSPS) is 19.1. The Labute approximate surface area is 155 Å². The molecule has 1 aromatic carbocycles. The van der Waals surface area contributed by atoms with Crippen LogP contribution in [0, 0.1) is 11.3 Å². The smallest absolute Gasteiger partial charge is 0.338 e. The number of thioether (sulfide) groups is 1. The van der Waals surface area contributed by atoms with Crippen LogP contribution < -0.4 is 10.5 Å². The van der Waals surface area contributed by atoms with Gasteiger partial charge in [-0.3, -0.25) is 4.90 Å². The molecule has 0 fully saturated rings. The van der Waals surface area contributed by atoms with E-state index in [9.17, 15) is 10.1 Å². The minimum absolute atomic E-state index is 0.265. The Bertz CT molecular complexity index is 898. The molecule has 26 heavy (non-hydrogen) atoms. The lowest BCUT2D eigenvalue weighted by atomic mass is 9.93. The molecule has 8 heteroatoms. The fraction of sp³-hybridized carbons (Fsp3) is 0.278. The van der Waals surface area contributed by atoms with Gasteiger partial charge in [-0.25, -0.2) is 9.79 Å². The average molecular weight is 370 g/mol. The van der Waals surface area contributed by atoms with E-state index in [1.807, 2.05) is 31.2 Å². The maximum absolute atomic E-state index is 12.5. The molecule has 0 bridgehead atoms. The number of nitrogens with zero attached hydrogens (tertiary/aromatic N) is 3. The molecule has 134 valence electrons. The predicted molar refractivity (Wildman–Crippen MR) is 98.8 cm³/mol. The third-order valence-electron chi connectivity index (χ3n) is 4.10. The average Bonchev–Trinajstić information content (AvgIpc) is 2.96. The molecule has 7 nitrogen and oxygen atoms in total. The van der Waals surface area contributed by atoms with Crippen LogP contribution in [0.1, 0.15) is 25.5 Å². The summed E-state index contributed by atoms with van der Waals surface area (Å²) in [4.78, 5) is 19.0. The molecule has 0 radical (unpaired) electrons. The predicted octanol–water partition coefficient (Wildman–Crippen LogP) is 2.64. The van der Waals surface area contributed by atoms with Crippen molar-refractivity contribution in [3.05, 3.63) is 51.8 Å². The van der Waals surface area contributed by atoms with Gasteiger partial charge in [0, 0.05) is 5.56 Å². The number of nitrogens with two attached hydrogens (primary N) is 1. The standard InChI is InChI=1S/C18H18N4O3S/c1-4-25-12-8-6-5-7-11(12)15-14(17(23)24-3)10(2)21-18-22(15)16(20)13(9-19)26-18/h5-8,15H,4,20H2,1-3H3/t15-/m1/s1. The van der Waals surface area contributed by atoms with Crippen molar-refractivity contribution < 1.29 is 14.3 Å². The van der Waals surface area contributed by atoms with Crippen LogP contribution in [0.25, 0.3) is 0 Å². The Morgan fingerprint density at radius 2 is 2.19 bits per heavy atom. The third kappa shape index (κ3) is 2.80. The highest BCUT2D eigenvalue weighted by molar-refractivity contribution is 8.17. The monoisotopic (exact) mass is 370 g/mol. The van der Waals surface area contributed by atoms with Crippen molar-refractivity contribution in [3.8, 4) is 11.8 Å². The number of carbonyl (C=O) groups is 1. The number of ether oxygens (including phenoxy) is 2. The summed E-state index contributed by atoms with van der Waals surface area (Å²) in [5, 5.41) is 9.90. The second-order valence-electron chi connectivity index (χ2n) is 5.56. The largest absolute Gasteiger partial charge is 0.494 e. The number of aliphatic imine (C=N–C) groups is 1. The van der Waals surface area contributed by atoms with Crippen molar-refractivity contribution in [3.63, 3.8) is 0 Å². The summed E-state index contributed by atoms with van der Waals surface area (Å²) in [7, 11) is 1.33. The molecule has 0 spiro atoms. The van der Waals surface area contributed by atoms with E-state index in [1.165, 1.54) is 18.9 Å². The van der Waals surface area contributed by atoms with E-state index in [1.54, 1.807) is 11.8 Å². The quantitative estimate of drug-likeness (QED) is 0.813. The number of methoxy groups -OCH3 is 1. The molecule has 0 unspecified atom stereocenters. The summed E-state index contributed by atoms with van der Waals surface area (Å²) in [6.45, 7) is 4.11. The minimum atomic E-state index is -0.587. The number of hydrogen-bond acceptors (Lipinski definition) is 8. The second kappa shape index (κ2) is 7.14. The summed E-state index contributed by atoms with van der Waals surface area (Å²) in [6.07, 6.45) is 0. The third-order valence-corrected chi connectivity index (χ3v) is 5.07. The van der Waals surface area contributed by atoms with Gasteiger partial charge in [0.05, 0.1) is 25.0 Å². The first-order valence-electron chi connectivity index (χ1n) is 7.99. The van der Waals surface area contributed by atoms with E-state index in [0.717, 1.165) is 5.56 Å². The fourth-order valence-electron chi connectivity index (χ4n) is 3.00. The fourth-order valence-corrected chi connectivity index (χ4v) is 3.92. The molecule has 0 amide bonds. The van der Waals surface area contributed by atoms with E-state index in [2.05, 4.69) is 11.1 Å². The first-order valence-corrected chi connectivity index (χ1v) is 8.81. The molecule has 0 saturated carbocycles. The molecule has 0 aliphatic carbocycles. The van der Waals surface area contributed by atoms with Crippen molar-refractivity contribution >= 4 is 22.9 Å². The summed E-state index contributed by atoms with van der Waals surface area (Å²) < 4.78 is 10.7. The number of carbonyl (C=O) groups excluding carboxylic acids is 1. The van der Waals surface area contributed by atoms with Gasteiger partial charge in [-0.05, 0) is 31.7 Å². The van der Waals surface area contributed by atoms with Crippen LogP contribution in [0.15, 0.2) is 51.3 Å². The SMILES string of the molecule is CCOc1ccccc1[C@@H]1C(C(=O)OC)=C(C)N=C2SC(C#N)=C(N)N21. The summed E-state index contributed by atoms with van der Waals surface area (Å²) >= 11 is 1.19. The maximum Gasteiger partial charge on any atom is 0.338 e. The van der Waals surface area contributed by atoms with Crippen molar-refractivity contribution in [2.45, 2.75) is 19.9 Å². The molecular formula is C18H18N4O3S. The Morgan fingerprint density at radius 3 is 2.85 bits per heavy atom. The van der Waals surface area contributed by atoms with Crippen LogP contribution in [0.4, 0.5) is 0 Å². The zero-order chi connectivity index (χ0) is 18.8. The Hall–Kier alpha value is -2.92. The lowest BCUT2D eigenvalue weighted by molar-refractivity contribution is -0.136. The van der Waals surface area contributed by atoms with Crippen molar-refractivity contribution in [1.82, 2.24) is 4.90 Å². The van der Waals surface area contributed by atoms with Gasteiger partial charge in [0.25, 0.3) is 0 Å². The van der Waals surface area contributed by atoms with Gasteiger partial charge in [0.15, 0.2) is 5.17 Å². The minimum Gasteiger partial charge on any atom is -0.494 e. The molecule has 1 atom stereocenters. The second-order valence-corrected chi connectivity index (χ2v) is 6.53. The molecule has 0 saturated heterocycles. The summed E-state index contributed by atoms with van der Waals surface area (Å²) in [5.74, 6) is 0.407. The molecule has 3 rings (SSSR count). The van der Waals surface area contributed by atoms with Crippen molar-refractivity contribution in [2.24, 2.45) is 10.7 Å². The first-order chi connectivity index (χ1) is 12.5. The van der Waals surface area contributed by atoms with Crippen LogP contribution in [0.2, 0.25) is 0 Å². The Balaban J connectivity index is 2.24. The van der Waals surface area contributed by atoms with Crippen LogP contribution in [0.3, 0.4) is 0 Å².